The van der Waals surface area contributed by atoms with Gasteiger partial charge in [0.2, 0.25) is 5.91 Å². The lowest BCUT2D eigenvalue weighted by molar-refractivity contribution is -0.141. The zero-order valence-electron chi connectivity index (χ0n) is 13.1. The molecule has 1 aliphatic heterocycles. The molecular formula is C16H24Cl2N2O2. The van der Waals surface area contributed by atoms with Crippen LogP contribution >= 0.6 is 24.0 Å². The first-order valence-corrected chi connectivity index (χ1v) is 7.74. The van der Waals surface area contributed by atoms with E-state index in [1.54, 1.807) is 17.0 Å². The first kappa shape index (κ1) is 19.1. The fourth-order valence-electron chi connectivity index (χ4n) is 2.63. The smallest absolute Gasteiger partial charge is 0.229 e. The highest BCUT2D eigenvalue weighted by Crippen LogP contribution is 2.27. The molecule has 0 aliphatic carbocycles. The molecule has 1 heterocycles. The number of likely N-dealkylation sites (N-methyl/N-ethyl adjacent to an activating group) is 1. The Bertz CT molecular complexity index is 474. The molecule has 124 valence electrons. The third-order valence-corrected chi connectivity index (χ3v) is 4.22. The Morgan fingerprint density at radius 2 is 2.09 bits per heavy atom. The number of hydrogen-bond acceptors (Lipinski definition) is 3. The van der Waals surface area contributed by atoms with Crippen LogP contribution in [0.5, 0.6) is 5.75 Å². The molecule has 1 N–H and O–H groups in total. The van der Waals surface area contributed by atoms with Gasteiger partial charge in [-0.2, -0.15) is 0 Å². The molecule has 0 bridgehead atoms. The molecule has 0 spiro atoms. The Hall–Kier alpha value is -0.970. The molecule has 0 saturated carbocycles. The molecule has 0 radical (unpaired) electrons. The van der Waals surface area contributed by atoms with Crippen molar-refractivity contribution in [2.24, 2.45) is 5.41 Å². The van der Waals surface area contributed by atoms with Gasteiger partial charge >= 0.3 is 0 Å². The fraction of sp³-hybridized carbons (Fsp3) is 0.562. The number of carbonyl (C=O) groups is 1. The van der Waals surface area contributed by atoms with Gasteiger partial charge in [-0.1, -0.05) is 11.6 Å². The van der Waals surface area contributed by atoms with Crippen LogP contribution in [0.1, 0.15) is 19.8 Å². The van der Waals surface area contributed by atoms with E-state index in [9.17, 15) is 4.79 Å². The first-order chi connectivity index (χ1) is 10.0. The SMILES string of the molecule is CN(CCOc1ccc(Cl)cc1)C(=O)C1(C)CCCNC1.Cl. The molecule has 1 aromatic carbocycles. The minimum atomic E-state index is -0.284. The summed E-state index contributed by atoms with van der Waals surface area (Å²) in [7, 11) is 1.84. The predicted molar refractivity (Wildman–Crippen MR) is 92.0 cm³/mol. The average Bonchev–Trinajstić information content (AvgIpc) is 2.49. The van der Waals surface area contributed by atoms with Crippen molar-refractivity contribution in [3.05, 3.63) is 29.3 Å². The second-order valence-electron chi connectivity index (χ2n) is 5.87. The van der Waals surface area contributed by atoms with Crippen molar-refractivity contribution in [2.45, 2.75) is 19.8 Å². The largest absolute Gasteiger partial charge is 0.492 e. The van der Waals surface area contributed by atoms with E-state index in [1.165, 1.54) is 0 Å². The van der Waals surface area contributed by atoms with E-state index in [0.29, 0.717) is 18.2 Å². The standard InChI is InChI=1S/C16H23ClN2O2.ClH/c1-16(8-3-9-18-12-16)15(20)19(2)10-11-21-14-6-4-13(17)5-7-14;/h4-7,18H,3,8-12H2,1-2H3;1H. The molecule has 4 nitrogen and oxygen atoms in total. The number of nitrogens with one attached hydrogen (secondary N) is 1. The topological polar surface area (TPSA) is 41.6 Å². The second kappa shape index (κ2) is 8.61. The summed E-state index contributed by atoms with van der Waals surface area (Å²) in [5.41, 5.74) is -0.284. The van der Waals surface area contributed by atoms with Gasteiger partial charge in [-0.25, -0.2) is 0 Å². The summed E-state index contributed by atoms with van der Waals surface area (Å²) in [5.74, 6) is 0.959. The number of hydrogen-bond donors (Lipinski definition) is 1. The van der Waals surface area contributed by atoms with Gasteiger partial charge in [0.25, 0.3) is 0 Å². The summed E-state index contributed by atoms with van der Waals surface area (Å²) < 4.78 is 5.63. The maximum absolute atomic E-state index is 12.5. The molecular weight excluding hydrogens is 323 g/mol. The summed E-state index contributed by atoms with van der Waals surface area (Å²) >= 11 is 5.82. The normalized spacial score (nSPS) is 20.9. The summed E-state index contributed by atoms with van der Waals surface area (Å²) in [6.45, 7) is 4.86. The highest BCUT2D eigenvalue weighted by molar-refractivity contribution is 6.30. The highest BCUT2D eigenvalue weighted by Gasteiger charge is 2.36. The van der Waals surface area contributed by atoms with Crippen LogP contribution in [-0.2, 0) is 4.79 Å². The summed E-state index contributed by atoms with van der Waals surface area (Å²) in [6.07, 6.45) is 2.00. The Morgan fingerprint density at radius 1 is 1.41 bits per heavy atom. The van der Waals surface area contributed by atoms with Gasteiger partial charge in [-0.3, -0.25) is 4.79 Å². The van der Waals surface area contributed by atoms with Crippen LogP contribution in [0.3, 0.4) is 0 Å². The molecule has 1 amide bonds. The van der Waals surface area contributed by atoms with E-state index in [0.717, 1.165) is 31.7 Å². The van der Waals surface area contributed by atoms with E-state index < -0.39 is 0 Å². The Labute approximate surface area is 143 Å². The molecule has 1 aliphatic rings. The number of piperidine rings is 1. The predicted octanol–water partition coefficient (Wildman–Crippen LogP) is 2.99. The van der Waals surface area contributed by atoms with Gasteiger partial charge in [-0.05, 0) is 50.6 Å². The monoisotopic (exact) mass is 346 g/mol. The zero-order valence-corrected chi connectivity index (χ0v) is 14.7. The van der Waals surface area contributed by atoms with Crippen LogP contribution in [0.15, 0.2) is 24.3 Å². The van der Waals surface area contributed by atoms with Crippen molar-refractivity contribution in [3.63, 3.8) is 0 Å². The summed E-state index contributed by atoms with van der Waals surface area (Å²) in [6, 6.07) is 7.24. The van der Waals surface area contributed by atoms with Gasteiger partial charge in [0.05, 0.1) is 12.0 Å². The first-order valence-electron chi connectivity index (χ1n) is 7.36. The number of ether oxygens (including phenoxy) is 1. The Morgan fingerprint density at radius 3 is 2.68 bits per heavy atom. The minimum absolute atomic E-state index is 0. The van der Waals surface area contributed by atoms with E-state index in [1.807, 2.05) is 26.1 Å². The summed E-state index contributed by atoms with van der Waals surface area (Å²) in [4.78, 5) is 14.3. The number of carbonyl (C=O) groups excluding carboxylic acids is 1. The van der Waals surface area contributed by atoms with Crippen LogP contribution in [-0.4, -0.2) is 44.1 Å². The third-order valence-electron chi connectivity index (χ3n) is 3.97. The molecule has 1 unspecified atom stereocenters. The zero-order chi connectivity index (χ0) is 15.3. The van der Waals surface area contributed by atoms with E-state index in [4.69, 9.17) is 16.3 Å². The van der Waals surface area contributed by atoms with Gasteiger partial charge in [0.15, 0.2) is 0 Å². The second-order valence-corrected chi connectivity index (χ2v) is 6.31. The molecule has 1 atom stereocenters. The van der Waals surface area contributed by atoms with Crippen LogP contribution in [0.2, 0.25) is 5.02 Å². The van der Waals surface area contributed by atoms with Crippen LogP contribution in [0, 0.1) is 5.41 Å². The van der Waals surface area contributed by atoms with E-state index in [2.05, 4.69) is 5.32 Å². The van der Waals surface area contributed by atoms with E-state index in [-0.39, 0.29) is 23.7 Å². The Balaban J connectivity index is 0.00000242. The van der Waals surface area contributed by atoms with Crippen molar-refractivity contribution < 1.29 is 9.53 Å². The molecule has 22 heavy (non-hydrogen) atoms. The third kappa shape index (κ3) is 5.04. The average molecular weight is 347 g/mol. The summed E-state index contributed by atoms with van der Waals surface area (Å²) in [5, 5.41) is 3.99. The molecule has 1 aromatic rings. The minimum Gasteiger partial charge on any atom is -0.492 e. The lowest BCUT2D eigenvalue weighted by atomic mass is 9.81. The van der Waals surface area contributed by atoms with Crippen LogP contribution in [0.4, 0.5) is 0 Å². The number of nitrogens with zero attached hydrogens (tertiary/aromatic N) is 1. The molecule has 0 aromatic heterocycles. The number of halogens is 2. The molecule has 1 fully saturated rings. The number of benzene rings is 1. The molecule has 6 heteroatoms. The van der Waals surface area contributed by atoms with Crippen molar-refractivity contribution in [1.29, 1.82) is 0 Å². The quantitative estimate of drug-likeness (QED) is 0.890. The molecule has 1 saturated heterocycles. The Kier molecular flexibility index (Phi) is 7.46. The maximum Gasteiger partial charge on any atom is 0.229 e. The maximum atomic E-state index is 12.5. The molecule has 2 rings (SSSR count). The fourth-order valence-corrected chi connectivity index (χ4v) is 2.76. The lowest BCUT2D eigenvalue weighted by Gasteiger charge is -2.36. The van der Waals surface area contributed by atoms with Gasteiger partial charge in [0, 0.05) is 18.6 Å². The van der Waals surface area contributed by atoms with Crippen molar-refractivity contribution in [1.82, 2.24) is 10.2 Å². The van der Waals surface area contributed by atoms with Gasteiger partial charge < -0.3 is 15.0 Å². The van der Waals surface area contributed by atoms with Crippen molar-refractivity contribution in [2.75, 3.05) is 33.3 Å². The van der Waals surface area contributed by atoms with Gasteiger partial charge in [0.1, 0.15) is 12.4 Å². The van der Waals surface area contributed by atoms with Crippen LogP contribution < -0.4 is 10.1 Å². The van der Waals surface area contributed by atoms with Crippen molar-refractivity contribution in [3.8, 4) is 5.75 Å². The number of amides is 1. The van der Waals surface area contributed by atoms with Crippen molar-refractivity contribution >= 4 is 29.9 Å². The van der Waals surface area contributed by atoms with E-state index >= 15 is 0 Å². The highest BCUT2D eigenvalue weighted by atomic mass is 35.5. The lowest BCUT2D eigenvalue weighted by Crippen LogP contribution is -2.49. The van der Waals surface area contributed by atoms with Gasteiger partial charge in [-0.15, -0.1) is 12.4 Å². The van der Waals surface area contributed by atoms with Crippen LogP contribution in [0.25, 0.3) is 0 Å². The number of rotatable bonds is 5.